The largest absolute Gasteiger partial charge is 0.247 e. The Bertz CT molecular complexity index is 288. The summed E-state index contributed by atoms with van der Waals surface area (Å²) in [4.78, 5) is 0. The van der Waals surface area contributed by atoms with E-state index in [0.717, 1.165) is 5.25 Å². The van der Waals surface area contributed by atoms with Crippen LogP contribution in [0.1, 0.15) is 44.6 Å². The molecule has 0 radical (unpaired) electrons. The molecular weight excluding hydrogens is 212 g/mol. The van der Waals surface area contributed by atoms with Gasteiger partial charge in [0, 0.05) is 5.75 Å². The molecule has 1 saturated carbocycles. The van der Waals surface area contributed by atoms with Crippen molar-refractivity contribution in [3.05, 3.63) is 35.9 Å². The van der Waals surface area contributed by atoms with Gasteiger partial charge in [0.05, 0.1) is 0 Å². The van der Waals surface area contributed by atoms with Gasteiger partial charge in [-0.2, -0.15) is 0 Å². The molecule has 16 heavy (non-hydrogen) atoms. The normalized spacial score (nSPS) is 20.7. The first kappa shape index (κ1) is 12.0. The van der Waals surface area contributed by atoms with Gasteiger partial charge in [-0.05, 0) is 29.4 Å². The smallest absolute Gasteiger partial charge is 0.000262 e. The second-order valence-electron chi connectivity index (χ2n) is 4.84. The van der Waals surface area contributed by atoms with E-state index in [9.17, 15) is 0 Å². The lowest BCUT2D eigenvalue weighted by molar-refractivity contribution is 0.513. The van der Waals surface area contributed by atoms with Crippen molar-refractivity contribution in [2.24, 2.45) is 0 Å². The van der Waals surface area contributed by atoms with Crippen LogP contribution in [0.3, 0.4) is 0 Å². The fraction of sp³-hybridized carbons (Fsp3) is 0.600. The fourth-order valence-corrected chi connectivity index (χ4v) is 5.54. The molecule has 0 nitrogen and oxygen atoms in total. The van der Waals surface area contributed by atoms with Gasteiger partial charge in [0.25, 0.3) is 0 Å². The van der Waals surface area contributed by atoms with E-state index in [4.69, 9.17) is 0 Å². The monoisotopic (exact) mass is 236 g/mol. The standard InChI is InChI=1S/C15H24S/c1-2-16(15-11-7-4-8-12-15)13-14-9-5-3-6-10-14/h3,5-6,9-10,15-16H,2,4,7-8,11-13H2,1H3. The topological polar surface area (TPSA) is 0 Å². The first-order valence-corrected chi connectivity index (χ1v) is 8.46. The number of hydrogen-bond acceptors (Lipinski definition) is 0. The molecule has 1 aromatic carbocycles. The summed E-state index contributed by atoms with van der Waals surface area (Å²) >= 11 is 0. The number of rotatable bonds is 4. The Morgan fingerprint density at radius 2 is 1.75 bits per heavy atom. The minimum Gasteiger partial charge on any atom is -0.247 e. The molecular formula is C15H24S. The van der Waals surface area contributed by atoms with Crippen LogP contribution in [0.4, 0.5) is 0 Å². The van der Waals surface area contributed by atoms with Gasteiger partial charge in [0.1, 0.15) is 0 Å². The van der Waals surface area contributed by atoms with Crippen LogP contribution in [0.15, 0.2) is 30.3 Å². The molecule has 1 aromatic rings. The molecule has 90 valence electrons. The van der Waals surface area contributed by atoms with E-state index >= 15 is 0 Å². The van der Waals surface area contributed by atoms with Crippen molar-refractivity contribution >= 4 is 10.9 Å². The Labute approximate surface area is 103 Å². The van der Waals surface area contributed by atoms with E-state index in [-0.39, 0.29) is 10.9 Å². The highest BCUT2D eigenvalue weighted by atomic mass is 32.2. The van der Waals surface area contributed by atoms with Crippen molar-refractivity contribution in [3.8, 4) is 0 Å². The zero-order valence-corrected chi connectivity index (χ0v) is 11.3. The van der Waals surface area contributed by atoms with Gasteiger partial charge in [0.2, 0.25) is 0 Å². The van der Waals surface area contributed by atoms with Crippen LogP contribution in [0, 0.1) is 0 Å². The van der Waals surface area contributed by atoms with Crippen molar-refractivity contribution in [2.45, 2.75) is 50.0 Å². The zero-order chi connectivity index (χ0) is 11.2. The van der Waals surface area contributed by atoms with E-state index < -0.39 is 0 Å². The maximum absolute atomic E-state index is 2.39. The van der Waals surface area contributed by atoms with Crippen molar-refractivity contribution < 1.29 is 0 Å². The molecule has 0 amide bonds. The SMILES string of the molecule is CC[SH](Cc1ccccc1)C1CCCCC1. The Morgan fingerprint density at radius 3 is 2.38 bits per heavy atom. The summed E-state index contributed by atoms with van der Waals surface area (Å²) in [5.74, 6) is 2.77. The van der Waals surface area contributed by atoms with Crippen LogP contribution < -0.4 is 0 Å². The third-order valence-corrected chi connectivity index (χ3v) is 6.86. The minimum atomic E-state index is 0.247. The molecule has 0 spiro atoms. The van der Waals surface area contributed by atoms with Gasteiger partial charge in [-0.25, -0.2) is 10.9 Å². The van der Waals surface area contributed by atoms with Crippen LogP contribution in [0.5, 0.6) is 0 Å². The summed E-state index contributed by atoms with van der Waals surface area (Å²) in [6.07, 6.45) is 7.46. The Morgan fingerprint density at radius 1 is 1.06 bits per heavy atom. The number of hydrogen-bond donors (Lipinski definition) is 1. The molecule has 2 rings (SSSR count). The van der Waals surface area contributed by atoms with E-state index in [1.165, 1.54) is 43.6 Å². The van der Waals surface area contributed by atoms with Crippen LogP contribution >= 0.6 is 10.9 Å². The van der Waals surface area contributed by atoms with Crippen molar-refractivity contribution in [1.82, 2.24) is 0 Å². The molecule has 0 aromatic heterocycles. The van der Waals surface area contributed by atoms with Gasteiger partial charge in [-0.15, -0.1) is 0 Å². The van der Waals surface area contributed by atoms with E-state index in [1.807, 2.05) is 0 Å². The molecule has 0 saturated heterocycles. The molecule has 0 bridgehead atoms. The lowest BCUT2D eigenvalue weighted by atomic mass is 10.0. The van der Waals surface area contributed by atoms with Crippen LogP contribution in [-0.4, -0.2) is 11.0 Å². The van der Waals surface area contributed by atoms with Crippen molar-refractivity contribution in [1.29, 1.82) is 0 Å². The highest BCUT2D eigenvalue weighted by Crippen LogP contribution is 2.42. The maximum atomic E-state index is 2.39. The van der Waals surface area contributed by atoms with Gasteiger partial charge in [-0.3, -0.25) is 0 Å². The molecule has 0 N–H and O–H groups in total. The zero-order valence-electron chi connectivity index (χ0n) is 10.4. The summed E-state index contributed by atoms with van der Waals surface area (Å²) in [6, 6.07) is 11.1. The molecule has 1 fully saturated rings. The van der Waals surface area contributed by atoms with Crippen molar-refractivity contribution in [2.75, 3.05) is 5.75 Å². The van der Waals surface area contributed by atoms with E-state index in [0.29, 0.717) is 0 Å². The molecule has 1 aliphatic rings. The molecule has 1 unspecified atom stereocenters. The fourth-order valence-electron chi connectivity index (χ4n) is 2.76. The van der Waals surface area contributed by atoms with Gasteiger partial charge < -0.3 is 0 Å². The third kappa shape index (κ3) is 3.28. The van der Waals surface area contributed by atoms with Crippen molar-refractivity contribution in [3.63, 3.8) is 0 Å². The third-order valence-electron chi connectivity index (χ3n) is 3.73. The van der Waals surface area contributed by atoms with Crippen LogP contribution in [0.2, 0.25) is 0 Å². The summed E-state index contributed by atoms with van der Waals surface area (Å²) < 4.78 is 0. The van der Waals surface area contributed by atoms with Crippen LogP contribution in [-0.2, 0) is 5.75 Å². The minimum absolute atomic E-state index is 0.247. The predicted molar refractivity (Wildman–Crippen MR) is 76.5 cm³/mol. The molecule has 1 atom stereocenters. The Balaban J connectivity index is 1.94. The first-order chi connectivity index (χ1) is 7.90. The summed E-state index contributed by atoms with van der Waals surface area (Å²) in [5.41, 5.74) is 1.56. The van der Waals surface area contributed by atoms with E-state index in [2.05, 4.69) is 37.3 Å². The lowest BCUT2D eigenvalue weighted by Gasteiger charge is -2.33. The number of benzene rings is 1. The first-order valence-electron chi connectivity index (χ1n) is 6.68. The summed E-state index contributed by atoms with van der Waals surface area (Å²) in [7, 11) is 0.247. The summed E-state index contributed by atoms with van der Waals surface area (Å²) in [6.45, 7) is 2.39. The summed E-state index contributed by atoms with van der Waals surface area (Å²) in [5, 5.41) is 1.06. The Hall–Kier alpha value is -0.430. The quantitative estimate of drug-likeness (QED) is 0.729. The predicted octanol–water partition coefficient (Wildman–Crippen LogP) is 4.54. The lowest BCUT2D eigenvalue weighted by Crippen LogP contribution is -2.15. The number of thiol groups is 1. The highest BCUT2D eigenvalue weighted by molar-refractivity contribution is 8.16. The Kier molecular flexibility index (Phi) is 4.77. The van der Waals surface area contributed by atoms with Gasteiger partial charge in [0.15, 0.2) is 0 Å². The molecule has 1 heteroatoms. The molecule has 1 aliphatic carbocycles. The van der Waals surface area contributed by atoms with E-state index in [1.54, 1.807) is 5.56 Å². The average Bonchev–Trinajstić information content (AvgIpc) is 2.38. The maximum Gasteiger partial charge on any atom is 0.000262 e. The van der Waals surface area contributed by atoms with Gasteiger partial charge in [-0.1, -0.05) is 56.5 Å². The average molecular weight is 236 g/mol. The van der Waals surface area contributed by atoms with Crippen LogP contribution in [0.25, 0.3) is 0 Å². The second-order valence-corrected chi connectivity index (χ2v) is 7.70. The molecule has 0 aliphatic heterocycles. The second kappa shape index (κ2) is 6.34. The van der Waals surface area contributed by atoms with Gasteiger partial charge >= 0.3 is 0 Å². The highest BCUT2D eigenvalue weighted by Gasteiger charge is 2.19. The molecule has 0 heterocycles.